The van der Waals surface area contributed by atoms with Crippen LogP contribution in [0, 0.1) is 10.1 Å². The number of rotatable bonds is 6. The van der Waals surface area contributed by atoms with Crippen molar-refractivity contribution in [1.82, 2.24) is 4.90 Å². The first kappa shape index (κ1) is 21.7. The number of carbonyl (C=O) groups excluding carboxylic acids is 2. The predicted octanol–water partition coefficient (Wildman–Crippen LogP) is 2.29. The van der Waals surface area contributed by atoms with Gasteiger partial charge in [-0.25, -0.2) is 0 Å². The van der Waals surface area contributed by atoms with E-state index in [0.717, 1.165) is 13.1 Å². The van der Waals surface area contributed by atoms with E-state index in [0.29, 0.717) is 49.0 Å². The fourth-order valence-corrected chi connectivity index (χ4v) is 3.72. The number of anilines is 2. The molecule has 0 aromatic heterocycles. The Labute approximate surface area is 184 Å². The van der Waals surface area contributed by atoms with Crippen molar-refractivity contribution in [2.24, 2.45) is 0 Å². The number of morpholine rings is 1. The van der Waals surface area contributed by atoms with Gasteiger partial charge in [-0.1, -0.05) is 0 Å². The third kappa shape index (κ3) is 4.71. The number of benzene rings is 2. The van der Waals surface area contributed by atoms with Crippen LogP contribution >= 0.6 is 0 Å². The fraction of sp³-hybridized carbons (Fsp3) is 0.364. The van der Waals surface area contributed by atoms with Gasteiger partial charge in [-0.3, -0.25) is 24.6 Å². The van der Waals surface area contributed by atoms with Gasteiger partial charge in [0.1, 0.15) is 5.75 Å². The van der Waals surface area contributed by atoms with Gasteiger partial charge in [0, 0.05) is 49.6 Å². The molecule has 0 radical (unpaired) electrons. The van der Waals surface area contributed by atoms with Crippen LogP contribution in [0.3, 0.4) is 0 Å². The minimum atomic E-state index is -0.590. The molecular weight excluding hydrogens is 416 g/mol. The van der Waals surface area contributed by atoms with Crippen LogP contribution in [0.1, 0.15) is 17.3 Å². The number of nitrogens with one attached hydrogen (secondary N) is 1. The Hall–Kier alpha value is -3.50. The summed E-state index contributed by atoms with van der Waals surface area (Å²) in [6.45, 7) is 5.95. The molecule has 10 heteroatoms. The fourth-order valence-electron chi connectivity index (χ4n) is 3.72. The van der Waals surface area contributed by atoms with Crippen LogP contribution in [0.2, 0.25) is 0 Å². The molecule has 2 aliphatic rings. The van der Waals surface area contributed by atoms with E-state index in [1.807, 2.05) is 0 Å². The number of hydrogen-bond donors (Lipinski definition) is 1. The molecule has 32 heavy (non-hydrogen) atoms. The molecular formula is C22H24N4O6. The second kappa shape index (κ2) is 9.33. The van der Waals surface area contributed by atoms with Crippen molar-refractivity contribution < 1.29 is 24.0 Å². The van der Waals surface area contributed by atoms with Crippen molar-refractivity contribution in [1.29, 1.82) is 0 Å². The molecule has 1 fully saturated rings. The number of hydrogen-bond acceptors (Lipinski definition) is 7. The lowest BCUT2D eigenvalue weighted by Crippen LogP contribution is -2.48. The Morgan fingerprint density at radius 2 is 1.88 bits per heavy atom. The maximum Gasteiger partial charge on any atom is 0.269 e. The van der Waals surface area contributed by atoms with Crippen LogP contribution in [0.4, 0.5) is 17.1 Å². The summed E-state index contributed by atoms with van der Waals surface area (Å²) in [6.07, 6.45) is -0.590. The molecule has 168 valence electrons. The molecule has 0 spiro atoms. The van der Waals surface area contributed by atoms with E-state index in [1.54, 1.807) is 30.0 Å². The molecule has 2 aliphatic heterocycles. The van der Waals surface area contributed by atoms with Gasteiger partial charge in [-0.05, 0) is 37.3 Å². The van der Waals surface area contributed by atoms with Crippen LogP contribution in [0.5, 0.6) is 5.75 Å². The molecule has 4 rings (SSSR count). The molecule has 0 aliphatic carbocycles. The van der Waals surface area contributed by atoms with Gasteiger partial charge >= 0.3 is 0 Å². The molecule has 2 aromatic rings. The monoisotopic (exact) mass is 440 g/mol. The summed E-state index contributed by atoms with van der Waals surface area (Å²) in [5, 5.41) is 13.6. The summed E-state index contributed by atoms with van der Waals surface area (Å²) in [5.41, 5.74) is 1.30. The van der Waals surface area contributed by atoms with E-state index in [2.05, 4.69) is 10.2 Å². The SMILES string of the molecule is CC1Oc2ccc(NC(=O)c3ccc([N+](=O)[O-])cc3)cc2N(CCN2CCOCC2)C1=O. The van der Waals surface area contributed by atoms with Crippen LogP contribution in [0.15, 0.2) is 42.5 Å². The number of amides is 2. The summed E-state index contributed by atoms with van der Waals surface area (Å²) in [6, 6.07) is 10.5. The maximum absolute atomic E-state index is 12.8. The molecule has 2 amide bonds. The number of nitro groups is 1. The summed E-state index contributed by atoms with van der Waals surface area (Å²) >= 11 is 0. The number of non-ortho nitro benzene ring substituents is 1. The van der Waals surface area contributed by atoms with Crippen molar-refractivity contribution in [3.8, 4) is 5.75 Å². The van der Waals surface area contributed by atoms with E-state index in [9.17, 15) is 19.7 Å². The van der Waals surface area contributed by atoms with E-state index in [-0.39, 0.29) is 11.6 Å². The minimum absolute atomic E-state index is 0.0870. The van der Waals surface area contributed by atoms with E-state index in [4.69, 9.17) is 9.47 Å². The van der Waals surface area contributed by atoms with E-state index < -0.39 is 16.9 Å². The summed E-state index contributed by atoms with van der Waals surface area (Å²) in [7, 11) is 0. The first-order valence-corrected chi connectivity index (χ1v) is 10.4. The van der Waals surface area contributed by atoms with Crippen molar-refractivity contribution in [2.75, 3.05) is 49.6 Å². The van der Waals surface area contributed by atoms with Gasteiger partial charge in [0.2, 0.25) is 0 Å². The van der Waals surface area contributed by atoms with Crippen LogP contribution in [0.25, 0.3) is 0 Å². The van der Waals surface area contributed by atoms with E-state index >= 15 is 0 Å². The molecule has 1 atom stereocenters. The normalized spacial score (nSPS) is 18.6. The lowest BCUT2D eigenvalue weighted by atomic mass is 10.1. The molecule has 0 saturated carbocycles. The standard InChI is InChI=1S/C22H24N4O6/c1-15-22(28)25(9-8-24-10-12-31-13-11-24)19-14-17(4-7-20(19)32-15)23-21(27)16-2-5-18(6-3-16)26(29)30/h2-7,14-15H,8-13H2,1H3,(H,23,27). The topological polar surface area (TPSA) is 114 Å². The average Bonchev–Trinajstić information content (AvgIpc) is 2.80. The summed E-state index contributed by atoms with van der Waals surface area (Å²) in [4.78, 5) is 39.6. The number of nitrogens with zero attached hydrogens (tertiary/aromatic N) is 3. The van der Waals surface area contributed by atoms with Crippen molar-refractivity contribution in [3.63, 3.8) is 0 Å². The van der Waals surface area contributed by atoms with Gasteiger partial charge in [0.25, 0.3) is 17.5 Å². The predicted molar refractivity (Wildman–Crippen MR) is 117 cm³/mol. The Morgan fingerprint density at radius 3 is 2.56 bits per heavy atom. The highest BCUT2D eigenvalue weighted by atomic mass is 16.6. The lowest BCUT2D eigenvalue weighted by Gasteiger charge is -2.35. The van der Waals surface area contributed by atoms with Crippen LogP contribution < -0.4 is 15.0 Å². The van der Waals surface area contributed by atoms with Crippen molar-refractivity contribution >= 4 is 28.9 Å². The van der Waals surface area contributed by atoms with Gasteiger partial charge in [-0.2, -0.15) is 0 Å². The third-order valence-corrected chi connectivity index (χ3v) is 5.51. The smallest absolute Gasteiger partial charge is 0.269 e. The number of ether oxygens (including phenoxy) is 2. The molecule has 1 unspecified atom stereocenters. The summed E-state index contributed by atoms with van der Waals surface area (Å²) in [5.74, 6) is 0.0353. The molecule has 10 nitrogen and oxygen atoms in total. The zero-order valence-corrected chi connectivity index (χ0v) is 17.7. The Kier molecular flexibility index (Phi) is 6.33. The number of nitro benzene ring substituents is 1. The zero-order valence-electron chi connectivity index (χ0n) is 17.7. The van der Waals surface area contributed by atoms with Crippen molar-refractivity contribution in [3.05, 3.63) is 58.1 Å². The van der Waals surface area contributed by atoms with E-state index in [1.165, 1.54) is 24.3 Å². The number of fused-ring (bicyclic) bond motifs is 1. The maximum atomic E-state index is 12.8. The van der Waals surface area contributed by atoms with Gasteiger partial charge in [0.15, 0.2) is 6.10 Å². The largest absolute Gasteiger partial charge is 0.479 e. The number of carbonyl (C=O) groups is 2. The highest BCUT2D eigenvalue weighted by Gasteiger charge is 2.32. The second-order valence-corrected chi connectivity index (χ2v) is 7.64. The highest BCUT2D eigenvalue weighted by molar-refractivity contribution is 6.05. The molecule has 2 aromatic carbocycles. The highest BCUT2D eigenvalue weighted by Crippen LogP contribution is 2.36. The van der Waals surface area contributed by atoms with Gasteiger partial charge in [-0.15, -0.1) is 0 Å². The van der Waals surface area contributed by atoms with Crippen LogP contribution in [-0.2, 0) is 9.53 Å². The third-order valence-electron chi connectivity index (χ3n) is 5.51. The molecule has 1 N–H and O–H groups in total. The molecule has 2 heterocycles. The summed E-state index contributed by atoms with van der Waals surface area (Å²) < 4.78 is 11.1. The Balaban J connectivity index is 1.50. The second-order valence-electron chi connectivity index (χ2n) is 7.64. The Bertz CT molecular complexity index is 1020. The van der Waals surface area contributed by atoms with Gasteiger partial charge in [0.05, 0.1) is 23.8 Å². The molecule has 0 bridgehead atoms. The average molecular weight is 440 g/mol. The van der Waals surface area contributed by atoms with Crippen molar-refractivity contribution in [2.45, 2.75) is 13.0 Å². The first-order chi connectivity index (χ1) is 15.4. The minimum Gasteiger partial charge on any atom is -0.479 e. The molecule has 1 saturated heterocycles. The van der Waals surface area contributed by atoms with Crippen LogP contribution in [-0.4, -0.2) is 67.1 Å². The zero-order chi connectivity index (χ0) is 22.7. The van der Waals surface area contributed by atoms with Gasteiger partial charge < -0.3 is 19.7 Å². The lowest BCUT2D eigenvalue weighted by molar-refractivity contribution is -0.384. The Morgan fingerprint density at radius 1 is 1.16 bits per heavy atom. The quantitative estimate of drug-likeness (QED) is 0.541. The first-order valence-electron chi connectivity index (χ1n) is 10.4.